The van der Waals surface area contributed by atoms with Gasteiger partial charge in [-0.1, -0.05) is 20.4 Å². The van der Waals surface area contributed by atoms with Crippen molar-refractivity contribution in [3.8, 4) is 33.9 Å². The number of pyridine rings is 3. The van der Waals surface area contributed by atoms with E-state index in [1.54, 1.807) is 24.8 Å². The van der Waals surface area contributed by atoms with E-state index >= 15 is 0 Å². The van der Waals surface area contributed by atoms with Crippen molar-refractivity contribution >= 4 is 33.4 Å². The van der Waals surface area contributed by atoms with Gasteiger partial charge in [-0.3, -0.25) is 15.1 Å². The average Bonchev–Trinajstić information content (AvgIpc) is 3.60. The zero-order valence-electron chi connectivity index (χ0n) is 25.2. The highest BCUT2D eigenvalue weighted by Gasteiger charge is 2.18. The zero-order valence-corrected chi connectivity index (χ0v) is 25.2. The fourth-order valence-corrected chi connectivity index (χ4v) is 5.15. The number of hydrogen-bond donors (Lipinski definition) is 4. The number of nitrogens with one attached hydrogen (secondary N) is 4. The van der Waals surface area contributed by atoms with E-state index in [4.69, 9.17) is 9.97 Å². The maximum atomic E-state index is 14.7. The van der Waals surface area contributed by atoms with Crippen LogP contribution in [0.2, 0.25) is 0 Å². The van der Waals surface area contributed by atoms with Crippen LogP contribution in [0.1, 0.15) is 20.3 Å². The van der Waals surface area contributed by atoms with Crippen LogP contribution in [0, 0.1) is 11.7 Å². The fraction of sp³-hybridized carbons (Fsp3) is 0.242. The monoisotopic (exact) mass is 590 g/mol. The van der Waals surface area contributed by atoms with Crippen LogP contribution in [0.25, 0.3) is 56.0 Å². The molecule has 6 rings (SSSR count). The Balaban J connectivity index is 1.33. The molecule has 0 amide bonds. The number of benzene rings is 1. The van der Waals surface area contributed by atoms with Gasteiger partial charge in [-0.05, 0) is 68.4 Å². The molecule has 4 N–H and O–H groups in total. The van der Waals surface area contributed by atoms with Gasteiger partial charge in [-0.25, -0.2) is 14.4 Å². The minimum Gasteiger partial charge on any atom is -0.384 e. The quantitative estimate of drug-likeness (QED) is 0.131. The van der Waals surface area contributed by atoms with Crippen molar-refractivity contribution < 1.29 is 4.39 Å². The molecule has 0 fully saturated rings. The molecule has 0 spiro atoms. The number of hydrogen-bond acceptors (Lipinski definition) is 8. The summed E-state index contributed by atoms with van der Waals surface area (Å²) in [4.78, 5) is 24.1. The lowest BCUT2D eigenvalue weighted by molar-refractivity contribution is 0.425. The third kappa shape index (κ3) is 6.28. The van der Waals surface area contributed by atoms with Crippen LogP contribution >= 0.6 is 0 Å². The summed E-state index contributed by atoms with van der Waals surface area (Å²) in [6.45, 7) is 9.97. The van der Waals surface area contributed by atoms with E-state index in [0.29, 0.717) is 57.3 Å². The number of rotatable bonds is 11. The van der Waals surface area contributed by atoms with E-state index in [9.17, 15) is 4.39 Å². The van der Waals surface area contributed by atoms with Crippen molar-refractivity contribution in [3.63, 3.8) is 0 Å². The summed E-state index contributed by atoms with van der Waals surface area (Å²) in [5.74, 6) is 0.696. The molecule has 10 nitrogen and oxygen atoms in total. The summed E-state index contributed by atoms with van der Waals surface area (Å²) >= 11 is 0. The first-order chi connectivity index (χ1) is 21.2. The number of likely N-dealkylation sites (N-methyl/N-ethyl adjacent to an activating group) is 1. The van der Waals surface area contributed by atoms with Gasteiger partial charge in [0.1, 0.15) is 11.3 Å². The molecule has 6 aromatic rings. The van der Waals surface area contributed by atoms with Gasteiger partial charge < -0.3 is 20.5 Å². The summed E-state index contributed by atoms with van der Waals surface area (Å²) in [5.41, 5.74) is 8.87. The molecule has 0 aliphatic rings. The summed E-state index contributed by atoms with van der Waals surface area (Å²) < 4.78 is 14.7. The van der Waals surface area contributed by atoms with Gasteiger partial charge >= 0.3 is 0 Å². The topological polar surface area (TPSA) is 123 Å². The Morgan fingerprint density at radius 3 is 2.57 bits per heavy atom. The minimum atomic E-state index is -0.337. The highest BCUT2D eigenvalue weighted by molar-refractivity contribution is 5.96. The summed E-state index contributed by atoms with van der Waals surface area (Å²) in [5, 5.41) is 14.3. The highest BCUT2D eigenvalue weighted by atomic mass is 19.1. The van der Waals surface area contributed by atoms with Crippen molar-refractivity contribution in [1.82, 2.24) is 40.0 Å². The number of H-pyrrole nitrogens is 2. The third-order valence-electron chi connectivity index (χ3n) is 7.13. The van der Waals surface area contributed by atoms with Crippen LogP contribution in [0.4, 0.5) is 15.8 Å². The number of imidazole rings is 1. The predicted octanol–water partition coefficient (Wildman–Crippen LogP) is 6.71. The Morgan fingerprint density at radius 2 is 1.75 bits per heavy atom. The number of aromatic amines is 2. The van der Waals surface area contributed by atoms with Crippen LogP contribution in [-0.2, 0) is 0 Å². The van der Waals surface area contributed by atoms with E-state index < -0.39 is 0 Å². The van der Waals surface area contributed by atoms with Gasteiger partial charge in [0, 0.05) is 48.0 Å². The maximum absolute atomic E-state index is 14.7. The van der Waals surface area contributed by atoms with E-state index in [-0.39, 0.29) is 5.82 Å². The second kappa shape index (κ2) is 12.2. The molecule has 0 saturated carbocycles. The number of anilines is 2. The molecular weight excluding hydrogens is 555 g/mol. The summed E-state index contributed by atoms with van der Waals surface area (Å²) in [6.07, 6.45) is 7.84. The first-order valence-corrected chi connectivity index (χ1v) is 14.5. The Bertz CT molecular complexity index is 1960. The molecular formula is C33H35FN10. The average molecular weight is 591 g/mol. The van der Waals surface area contributed by atoms with E-state index in [1.165, 1.54) is 12.1 Å². The van der Waals surface area contributed by atoms with Crippen LogP contribution < -0.4 is 10.6 Å². The van der Waals surface area contributed by atoms with Crippen molar-refractivity contribution in [2.75, 3.05) is 37.8 Å². The third-order valence-corrected chi connectivity index (χ3v) is 7.13. The van der Waals surface area contributed by atoms with Crippen molar-refractivity contribution in [1.29, 1.82) is 0 Å². The molecule has 0 bridgehead atoms. The van der Waals surface area contributed by atoms with Gasteiger partial charge in [0.25, 0.3) is 0 Å². The van der Waals surface area contributed by atoms with E-state index in [2.05, 4.69) is 61.1 Å². The number of allylic oxidation sites excluding steroid dienone is 1. The summed E-state index contributed by atoms with van der Waals surface area (Å²) in [6, 6.07) is 10.8. The Labute approximate surface area is 254 Å². The molecule has 44 heavy (non-hydrogen) atoms. The first kappa shape index (κ1) is 28.9. The molecule has 0 radical (unpaired) electrons. The van der Waals surface area contributed by atoms with Crippen LogP contribution in [0.15, 0.2) is 73.5 Å². The Morgan fingerprint density at radius 1 is 0.932 bits per heavy atom. The standard InChI is InChI=1S/C33H35FN10/c1-19(2)10-20(3)38-25-13-22(15-35-16-25)27-6-7-28-31(39-27)32(43-42-28)33-40-29-18-36-17-26(30(29)41-33)21-11-23(34)14-24(12-21)37-8-9-44(4)5/h6-7,11-19,37-38H,3,8-10H2,1-2,4-5H3,(H,40,41)(H,42,43). The molecule has 5 aromatic heterocycles. The lowest BCUT2D eigenvalue weighted by atomic mass is 10.1. The van der Waals surface area contributed by atoms with Crippen LogP contribution in [0.3, 0.4) is 0 Å². The lowest BCUT2D eigenvalue weighted by Crippen LogP contribution is -2.20. The molecule has 224 valence electrons. The van der Waals surface area contributed by atoms with Crippen LogP contribution in [-0.4, -0.2) is 67.2 Å². The predicted molar refractivity (Wildman–Crippen MR) is 175 cm³/mol. The van der Waals surface area contributed by atoms with Gasteiger partial charge in [0.15, 0.2) is 11.5 Å². The molecule has 11 heteroatoms. The van der Waals surface area contributed by atoms with Crippen molar-refractivity contribution in [2.24, 2.45) is 5.92 Å². The summed E-state index contributed by atoms with van der Waals surface area (Å²) in [7, 11) is 4.00. The SMILES string of the molecule is C=C(CC(C)C)Nc1cncc(-c2ccc3[nH]nc(-c4nc5c(-c6cc(F)cc(NCCN(C)C)c6)cncc5[nH]4)c3n2)c1. The second-order valence-electron chi connectivity index (χ2n) is 11.6. The van der Waals surface area contributed by atoms with Crippen molar-refractivity contribution in [2.45, 2.75) is 20.3 Å². The molecule has 0 saturated heterocycles. The Kier molecular flexibility index (Phi) is 8.03. The fourth-order valence-electron chi connectivity index (χ4n) is 5.15. The van der Waals surface area contributed by atoms with E-state index in [0.717, 1.165) is 41.1 Å². The van der Waals surface area contributed by atoms with E-state index in [1.807, 2.05) is 38.4 Å². The smallest absolute Gasteiger partial charge is 0.161 e. The maximum Gasteiger partial charge on any atom is 0.161 e. The molecule has 5 heterocycles. The Hall–Kier alpha value is -5.16. The van der Waals surface area contributed by atoms with Gasteiger partial charge in [-0.2, -0.15) is 5.10 Å². The normalized spacial score (nSPS) is 11.6. The molecule has 1 aromatic carbocycles. The molecule has 0 aliphatic heterocycles. The van der Waals surface area contributed by atoms with Gasteiger partial charge in [0.05, 0.1) is 40.3 Å². The number of nitrogens with zero attached hydrogens (tertiary/aromatic N) is 6. The number of halogens is 1. The number of fused-ring (bicyclic) bond motifs is 2. The molecule has 0 unspecified atom stereocenters. The van der Waals surface area contributed by atoms with Gasteiger partial charge in [0.2, 0.25) is 0 Å². The minimum absolute atomic E-state index is 0.337. The largest absolute Gasteiger partial charge is 0.384 e. The molecule has 0 aliphatic carbocycles. The highest BCUT2D eigenvalue weighted by Crippen LogP contribution is 2.33. The lowest BCUT2D eigenvalue weighted by Gasteiger charge is -2.12. The second-order valence-corrected chi connectivity index (χ2v) is 11.6. The zero-order chi connectivity index (χ0) is 30.8. The number of aromatic nitrogens is 7. The molecule has 0 atom stereocenters. The van der Waals surface area contributed by atoms with Crippen molar-refractivity contribution in [3.05, 3.63) is 79.3 Å². The van der Waals surface area contributed by atoms with Gasteiger partial charge in [-0.15, -0.1) is 0 Å². The van der Waals surface area contributed by atoms with Crippen LogP contribution in [0.5, 0.6) is 0 Å². The first-order valence-electron chi connectivity index (χ1n) is 14.5.